The number of hydrogen-bond donors (Lipinski definition) is 1. The molecule has 1 heterocycles. The Labute approximate surface area is 125 Å². The Hall–Kier alpha value is -2.27. The number of para-hydroxylation sites is 1. The van der Waals surface area contributed by atoms with Crippen molar-refractivity contribution in [1.29, 1.82) is 0 Å². The van der Waals surface area contributed by atoms with Crippen molar-refractivity contribution in [3.8, 4) is 11.5 Å². The third kappa shape index (κ3) is 3.64. The van der Waals surface area contributed by atoms with Crippen LogP contribution in [0.1, 0.15) is 11.3 Å². The van der Waals surface area contributed by atoms with Gasteiger partial charge in [-0.05, 0) is 18.7 Å². The Morgan fingerprint density at radius 2 is 1.86 bits per heavy atom. The summed E-state index contributed by atoms with van der Waals surface area (Å²) in [4.78, 5) is 6.52. The van der Waals surface area contributed by atoms with Crippen LogP contribution in [0.15, 0.2) is 36.5 Å². The molecule has 2 rings (SSSR count). The maximum Gasteiger partial charge on any atom is 0.183 e. The van der Waals surface area contributed by atoms with Gasteiger partial charge in [-0.15, -0.1) is 0 Å². The summed E-state index contributed by atoms with van der Waals surface area (Å²) in [5.74, 6) is 1.36. The molecule has 0 aliphatic heterocycles. The lowest BCUT2D eigenvalue weighted by atomic mass is 10.1. The third-order valence-electron chi connectivity index (χ3n) is 3.28. The van der Waals surface area contributed by atoms with Crippen LogP contribution in [0.3, 0.4) is 0 Å². The lowest BCUT2D eigenvalue weighted by molar-refractivity contribution is 0.298. The highest BCUT2D eigenvalue weighted by molar-refractivity contribution is 5.46. The van der Waals surface area contributed by atoms with Gasteiger partial charge in [0.1, 0.15) is 5.69 Å². The van der Waals surface area contributed by atoms with Crippen LogP contribution in [0.2, 0.25) is 0 Å². The fraction of sp³-hybridized carbons (Fsp3) is 0.312. The first kappa shape index (κ1) is 15.1. The largest absolute Gasteiger partial charge is 0.493 e. The van der Waals surface area contributed by atoms with Crippen LogP contribution in [0.5, 0.6) is 11.5 Å². The second kappa shape index (κ2) is 6.95. The van der Waals surface area contributed by atoms with E-state index in [-0.39, 0.29) is 0 Å². The SMILES string of the molecule is COc1ccnc(CN(C)Cc2ccccc2N)c1OC. The third-order valence-corrected chi connectivity index (χ3v) is 3.28. The second-order valence-electron chi connectivity index (χ2n) is 4.86. The number of nitrogen functional groups attached to an aromatic ring is 1. The molecule has 1 aromatic carbocycles. The highest BCUT2D eigenvalue weighted by atomic mass is 16.5. The van der Waals surface area contributed by atoms with Gasteiger partial charge in [0.15, 0.2) is 11.5 Å². The number of aromatic nitrogens is 1. The minimum atomic E-state index is 0.648. The van der Waals surface area contributed by atoms with Gasteiger partial charge in [-0.1, -0.05) is 18.2 Å². The average molecular weight is 287 g/mol. The molecule has 2 N–H and O–H groups in total. The van der Waals surface area contributed by atoms with E-state index in [4.69, 9.17) is 15.2 Å². The Morgan fingerprint density at radius 3 is 2.52 bits per heavy atom. The predicted octanol–water partition coefficient (Wildman–Crippen LogP) is 2.31. The first-order chi connectivity index (χ1) is 10.2. The van der Waals surface area contributed by atoms with Gasteiger partial charge in [-0.3, -0.25) is 9.88 Å². The van der Waals surface area contributed by atoms with Gasteiger partial charge in [0.05, 0.1) is 14.2 Å². The lowest BCUT2D eigenvalue weighted by Crippen LogP contribution is -2.19. The van der Waals surface area contributed by atoms with Gasteiger partial charge in [0.2, 0.25) is 0 Å². The molecule has 0 fully saturated rings. The lowest BCUT2D eigenvalue weighted by Gasteiger charge is -2.19. The zero-order valence-electron chi connectivity index (χ0n) is 12.7. The van der Waals surface area contributed by atoms with Gasteiger partial charge in [-0.2, -0.15) is 0 Å². The molecule has 0 saturated heterocycles. The fourth-order valence-electron chi connectivity index (χ4n) is 2.24. The summed E-state index contributed by atoms with van der Waals surface area (Å²) in [5, 5.41) is 0. The molecular weight excluding hydrogens is 266 g/mol. The summed E-state index contributed by atoms with van der Waals surface area (Å²) in [6.45, 7) is 1.39. The summed E-state index contributed by atoms with van der Waals surface area (Å²) in [6.07, 6.45) is 1.72. The van der Waals surface area contributed by atoms with E-state index in [0.29, 0.717) is 18.0 Å². The Morgan fingerprint density at radius 1 is 1.10 bits per heavy atom. The van der Waals surface area contributed by atoms with Crippen molar-refractivity contribution >= 4 is 5.69 Å². The quantitative estimate of drug-likeness (QED) is 0.826. The first-order valence-electron chi connectivity index (χ1n) is 6.73. The summed E-state index contributed by atoms with van der Waals surface area (Å²) in [5.41, 5.74) is 8.72. The number of nitrogens with zero attached hydrogens (tertiary/aromatic N) is 2. The van der Waals surface area contributed by atoms with Gasteiger partial charge in [0, 0.05) is 31.0 Å². The summed E-state index contributed by atoms with van der Waals surface area (Å²) >= 11 is 0. The molecule has 0 saturated carbocycles. The number of pyridine rings is 1. The van der Waals surface area contributed by atoms with E-state index in [9.17, 15) is 0 Å². The predicted molar refractivity (Wildman–Crippen MR) is 83.4 cm³/mol. The van der Waals surface area contributed by atoms with E-state index in [0.717, 1.165) is 23.5 Å². The number of ether oxygens (including phenoxy) is 2. The van der Waals surface area contributed by atoms with Crippen molar-refractivity contribution in [1.82, 2.24) is 9.88 Å². The van der Waals surface area contributed by atoms with Crippen LogP contribution >= 0.6 is 0 Å². The monoisotopic (exact) mass is 287 g/mol. The molecule has 0 bridgehead atoms. The Balaban J connectivity index is 2.13. The summed E-state index contributed by atoms with van der Waals surface area (Å²) in [6, 6.07) is 9.66. The first-order valence-corrected chi connectivity index (χ1v) is 6.73. The molecule has 0 spiro atoms. The number of hydrogen-bond acceptors (Lipinski definition) is 5. The average Bonchev–Trinajstić information content (AvgIpc) is 2.49. The van der Waals surface area contributed by atoms with Crippen LogP contribution in [-0.4, -0.2) is 31.2 Å². The number of nitrogens with two attached hydrogens (primary N) is 1. The van der Waals surface area contributed by atoms with E-state index < -0.39 is 0 Å². The summed E-state index contributed by atoms with van der Waals surface area (Å²) < 4.78 is 10.7. The highest BCUT2D eigenvalue weighted by Gasteiger charge is 2.13. The molecule has 0 aliphatic carbocycles. The van der Waals surface area contributed by atoms with E-state index in [1.54, 1.807) is 26.5 Å². The molecule has 112 valence electrons. The molecule has 1 aromatic heterocycles. The van der Waals surface area contributed by atoms with E-state index in [1.165, 1.54) is 0 Å². The maximum absolute atomic E-state index is 5.98. The van der Waals surface area contributed by atoms with Crippen LogP contribution in [0, 0.1) is 0 Å². The number of rotatable bonds is 6. The smallest absolute Gasteiger partial charge is 0.183 e. The normalized spacial score (nSPS) is 10.7. The van der Waals surface area contributed by atoms with Gasteiger partial charge >= 0.3 is 0 Å². The Bertz CT molecular complexity index is 602. The number of benzene rings is 1. The molecule has 0 amide bonds. The molecular formula is C16H21N3O2. The topological polar surface area (TPSA) is 60.6 Å². The van der Waals surface area contributed by atoms with Crippen molar-refractivity contribution in [2.75, 3.05) is 27.0 Å². The van der Waals surface area contributed by atoms with Crippen LogP contribution in [0.4, 0.5) is 5.69 Å². The van der Waals surface area contributed by atoms with Crippen molar-refractivity contribution in [3.63, 3.8) is 0 Å². The number of anilines is 1. The van der Waals surface area contributed by atoms with Crippen molar-refractivity contribution in [2.24, 2.45) is 0 Å². The standard InChI is InChI=1S/C16H21N3O2/c1-19(10-12-6-4-5-7-13(12)17)11-14-16(21-3)15(20-2)8-9-18-14/h4-9H,10-11,17H2,1-3H3. The minimum Gasteiger partial charge on any atom is -0.493 e. The maximum atomic E-state index is 5.98. The molecule has 2 aromatic rings. The molecule has 5 heteroatoms. The summed E-state index contributed by atoms with van der Waals surface area (Å²) in [7, 11) is 5.27. The van der Waals surface area contributed by atoms with E-state index in [1.807, 2.05) is 31.3 Å². The van der Waals surface area contributed by atoms with Crippen LogP contribution < -0.4 is 15.2 Å². The van der Waals surface area contributed by atoms with Gasteiger partial charge in [-0.25, -0.2) is 0 Å². The van der Waals surface area contributed by atoms with Crippen molar-refractivity contribution in [2.45, 2.75) is 13.1 Å². The zero-order valence-corrected chi connectivity index (χ0v) is 12.7. The van der Waals surface area contributed by atoms with Gasteiger partial charge < -0.3 is 15.2 Å². The minimum absolute atomic E-state index is 0.648. The van der Waals surface area contributed by atoms with Crippen molar-refractivity contribution in [3.05, 3.63) is 47.8 Å². The molecule has 0 unspecified atom stereocenters. The number of methoxy groups -OCH3 is 2. The molecule has 21 heavy (non-hydrogen) atoms. The molecule has 0 atom stereocenters. The fourth-order valence-corrected chi connectivity index (χ4v) is 2.24. The molecule has 0 aliphatic rings. The Kier molecular flexibility index (Phi) is 5.00. The highest BCUT2D eigenvalue weighted by Crippen LogP contribution is 2.29. The molecule has 5 nitrogen and oxygen atoms in total. The van der Waals surface area contributed by atoms with E-state index >= 15 is 0 Å². The second-order valence-corrected chi connectivity index (χ2v) is 4.86. The van der Waals surface area contributed by atoms with Crippen LogP contribution in [-0.2, 0) is 13.1 Å². The van der Waals surface area contributed by atoms with Crippen molar-refractivity contribution < 1.29 is 9.47 Å². The zero-order chi connectivity index (χ0) is 15.2. The van der Waals surface area contributed by atoms with E-state index in [2.05, 4.69) is 9.88 Å². The van der Waals surface area contributed by atoms with Crippen LogP contribution in [0.25, 0.3) is 0 Å². The molecule has 0 radical (unpaired) electrons. The van der Waals surface area contributed by atoms with Gasteiger partial charge in [0.25, 0.3) is 0 Å².